The average Bonchev–Trinajstić information content (AvgIpc) is 2.65. The monoisotopic (exact) mass is 191 g/mol. The summed E-state index contributed by atoms with van der Waals surface area (Å²) in [6, 6.07) is 3.20. The number of aromatic nitrogens is 1. The Kier molecular flexibility index (Phi) is 2.22. The van der Waals surface area contributed by atoms with Crippen molar-refractivity contribution in [3.63, 3.8) is 0 Å². The number of amides is 1. The van der Waals surface area contributed by atoms with Gasteiger partial charge in [0.2, 0.25) is 5.91 Å². The third-order valence-corrected chi connectivity index (χ3v) is 2.21. The van der Waals surface area contributed by atoms with E-state index in [9.17, 15) is 9.70 Å². The second kappa shape index (κ2) is 3.53. The molecule has 5 heteroatoms. The first kappa shape index (κ1) is 8.80. The summed E-state index contributed by atoms with van der Waals surface area (Å²) < 4.78 is 0. The quantitative estimate of drug-likeness (QED) is 0.667. The van der Waals surface area contributed by atoms with Crippen molar-refractivity contribution in [3.05, 3.63) is 23.2 Å². The summed E-state index contributed by atoms with van der Waals surface area (Å²) >= 11 is 0. The Morgan fingerprint density at radius 3 is 2.79 bits per heavy atom. The number of hydrogen-bond acceptors (Lipinski definition) is 4. The van der Waals surface area contributed by atoms with Gasteiger partial charge >= 0.3 is 0 Å². The van der Waals surface area contributed by atoms with Gasteiger partial charge in [-0.25, -0.2) is 4.98 Å². The third kappa shape index (κ3) is 1.48. The lowest BCUT2D eigenvalue weighted by Crippen LogP contribution is -2.23. The molecule has 0 atom stereocenters. The predicted molar refractivity (Wildman–Crippen MR) is 51.3 cm³/mol. The molecule has 0 spiro atoms. The van der Waals surface area contributed by atoms with Crippen molar-refractivity contribution in [2.75, 3.05) is 11.4 Å². The number of nitroso groups, excluding NO2 is 1. The van der Waals surface area contributed by atoms with E-state index in [4.69, 9.17) is 0 Å². The lowest BCUT2D eigenvalue weighted by molar-refractivity contribution is -0.117. The van der Waals surface area contributed by atoms with E-state index in [0.29, 0.717) is 6.42 Å². The van der Waals surface area contributed by atoms with Crippen LogP contribution in [0.1, 0.15) is 12.8 Å². The van der Waals surface area contributed by atoms with Crippen LogP contribution in [0, 0.1) is 4.91 Å². The molecule has 1 amide bonds. The second-order valence-corrected chi connectivity index (χ2v) is 3.11. The van der Waals surface area contributed by atoms with E-state index in [1.165, 1.54) is 12.3 Å². The van der Waals surface area contributed by atoms with Crippen molar-refractivity contribution in [2.24, 2.45) is 5.18 Å². The van der Waals surface area contributed by atoms with Gasteiger partial charge in [-0.05, 0) is 23.7 Å². The van der Waals surface area contributed by atoms with Gasteiger partial charge < -0.3 is 4.90 Å². The van der Waals surface area contributed by atoms with Crippen molar-refractivity contribution < 1.29 is 4.79 Å². The van der Waals surface area contributed by atoms with Gasteiger partial charge in [-0.1, -0.05) is 0 Å². The van der Waals surface area contributed by atoms with E-state index < -0.39 is 0 Å². The van der Waals surface area contributed by atoms with Crippen LogP contribution in [0.5, 0.6) is 0 Å². The van der Waals surface area contributed by atoms with Crippen LogP contribution in [0.15, 0.2) is 23.5 Å². The molecule has 2 rings (SSSR count). The van der Waals surface area contributed by atoms with E-state index in [1.54, 1.807) is 11.0 Å². The van der Waals surface area contributed by atoms with Crippen LogP contribution in [0.25, 0.3) is 0 Å². The standard InChI is InChI=1S/C9H9N3O2/c13-9-2-1-5-12(9)7-3-4-8(11-14)10-6-7/h3-4,6H,1-2,5H2. The van der Waals surface area contributed by atoms with Crippen LogP contribution in [0.2, 0.25) is 0 Å². The lowest BCUT2D eigenvalue weighted by Gasteiger charge is -2.14. The highest BCUT2D eigenvalue weighted by Crippen LogP contribution is 2.21. The molecule has 0 aliphatic carbocycles. The van der Waals surface area contributed by atoms with E-state index in [2.05, 4.69) is 10.2 Å². The van der Waals surface area contributed by atoms with Gasteiger partial charge in [0.15, 0.2) is 5.82 Å². The molecule has 14 heavy (non-hydrogen) atoms. The zero-order chi connectivity index (χ0) is 9.97. The Hall–Kier alpha value is -1.78. The highest BCUT2D eigenvalue weighted by molar-refractivity contribution is 5.95. The van der Waals surface area contributed by atoms with Crippen LogP contribution in [0.3, 0.4) is 0 Å². The maximum Gasteiger partial charge on any atom is 0.227 e. The molecule has 0 unspecified atom stereocenters. The normalized spacial score (nSPS) is 16.0. The molecular formula is C9H9N3O2. The summed E-state index contributed by atoms with van der Waals surface area (Å²) in [6.45, 7) is 0.731. The van der Waals surface area contributed by atoms with E-state index in [0.717, 1.165) is 18.7 Å². The fourth-order valence-electron chi connectivity index (χ4n) is 1.51. The molecule has 1 aromatic heterocycles. The number of hydrogen-bond donors (Lipinski definition) is 0. The molecular weight excluding hydrogens is 182 g/mol. The molecule has 2 heterocycles. The number of carbonyl (C=O) groups is 1. The fraction of sp³-hybridized carbons (Fsp3) is 0.333. The first-order chi connectivity index (χ1) is 6.81. The Labute approximate surface area is 80.7 Å². The van der Waals surface area contributed by atoms with Crippen molar-refractivity contribution in [3.8, 4) is 0 Å². The highest BCUT2D eigenvalue weighted by Gasteiger charge is 2.21. The van der Waals surface area contributed by atoms with E-state index >= 15 is 0 Å². The van der Waals surface area contributed by atoms with Gasteiger partial charge in [-0.15, -0.1) is 4.91 Å². The van der Waals surface area contributed by atoms with Crippen molar-refractivity contribution in [1.82, 2.24) is 4.98 Å². The Balaban J connectivity index is 2.24. The zero-order valence-corrected chi connectivity index (χ0v) is 7.51. The summed E-state index contributed by atoms with van der Waals surface area (Å²) in [4.78, 5) is 26.9. The molecule has 5 nitrogen and oxygen atoms in total. The van der Waals surface area contributed by atoms with Gasteiger partial charge in [0.05, 0.1) is 11.9 Å². The van der Waals surface area contributed by atoms with Crippen molar-refractivity contribution in [2.45, 2.75) is 12.8 Å². The van der Waals surface area contributed by atoms with Crippen molar-refractivity contribution >= 4 is 17.4 Å². The minimum absolute atomic E-state index is 0.110. The summed E-state index contributed by atoms with van der Waals surface area (Å²) in [5, 5.41) is 2.69. The van der Waals surface area contributed by atoms with E-state index in [-0.39, 0.29) is 11.7 Å². The van der Waals surface area contributed by atoms with Gasteiger partial charge in [0.25, 0.3) is 0 Å². The summed E-state index contributed by atoms with van der Waals surface area (Å²) in [7, 11) is 0. The molecule has 0 bridgehead atoms. The number of nitrogens with zero attached hydrogens (tertiary/aromatic N) is 3. The molecule has 1 aliphatic heterocycles. The maximum atomic E-state index is 11.3. The fourth-order valence-corrected chi connectivity index (χ4v) is 1.51. The number of anilines is 1. The van der Waals surface area contributed by atoms with Gasteiger partial charge in [-0.3, -0.25) is 4.79 Å². The molecule has 0 saturated carbocycles. The smallest absolute Gasteiger partial charge is 0.227 e. The third-order valence-electron chi connectivity index (χ3n) is 2.21. The molecule has 0 aromatic carbocycles. The first-order valence-electron chi connectivity index (χ1n) is 4.41. The topological polar surface area (TPSA) is 62.6 Å². The van der Waals surface area contributed by atoms with Gasteiger partial charge in [0, 0.05) is 13.0 Å². The lowest BCUT2D eigenvalue weighted by atomic mass is 10.3. The van der Waals surface area contributed by atoms with E-state index in [1.807, 2.05) is 0 Å². The summed E-state index contributed by atoms with van der Waals surface area (Å²) in [6.07, 6.45) is 2.97. The van der Waals surface area contributed by atoms with Crippen LogP contribution in [-0.4, -0.2) is 17.4 Å². The predicted octanol–water partition coefficient (Wildman–Crippen LogP) is 1.61. The summed E-state index contributed by atoms with van der Waals surface area (Å²) in [5.74, 6) is 0.249. The SMILES string of the molecule is O=Nc1ccc(N2CCCC2=O)cn1. The zero-order valence-electron chi connectivity index (χ0n) is 7.51. The first-order valence-corrected chi connectivity index (χ1v) is 4.41. The van der Waals surface area contributed by atoms with Crippen LogP contribution in [0.4, 0.5) is 11.5 Å². The molecule has 1 saturated heterocycles. The number of pyridine rings is 1. The maximum absolute atomic E-state index is 11.3. The van der Waals surface area contributed by atoms with Crippen LogP contribution < -0.4 is 4.90 Å². The summed E-state index contributed by atoms with van der Waals surface area (Å²) in [5.41, 5.74) is 0.736. The molecule has 0 N–H and O–H groups in total. The largest absolute Gasteiger partial charge is 0.311 e. The second-order valence-electron chi connectivity index (χ2n) is 3.11. The minimum Gasteiger partial charge on any atom is -0.311 e. The molecule has 1 fully saturated rings. The molecule has 1 aromatic rings. The number of carbonyl (C=O) groups excluding carboxylic acids is 1. The minimum atomic E-state index is 0.110. The van der Waals surface area contributed by atoms with Gasteiger partial charge in [0.1, 0.15) is 0 Å². The molecule has 72 valence electrons. The highest BCUT2D eigenvalue weighted by atomic mass is 16.3. The van der Waals surface area contributed by atoms with Crippen molar-refractivity contribution in [1.29, 1.82) is 0 Å². The Bertz CT molecular complexity index is 361. The average molecular weight is 191 g/mol. The van der Waals surface area contributed by atoms with Crippen LogP contribution in [-0.2, 0) is 4.79 Å². The van der Waals surface area contributed by atoms with Gasteiger partial charge in [-0.2, -0.15) is 0 Å². The molecule has 0 radical (unpaired) electrons. The molecule has 1 aliphatic rings. The Morgan fingerprint density at radius 1 is 1.43 bits per heavy atom. The van der Waals surface area contributed by atoms with Crippen LogP contribution >= 0.6 is 0 Å². The number of rotatable bonds is 2. The Morgan fingerprint density at radius 2 is 2.29 bits per heavy atom.